The largest absolute Gasteiger partial charge is 0.393 e. The van der Waals surface area contributed by atoms with E-state index < -0.39 is 0 Å². The number of piperidine rings is 1. The van der Waals surface area contributed by atoms with Crippen LogP contribution >= 0.6 is 0 Å². The molecular formula is C24H25N9O. The quantitative estimate of drug-likeness (QED) is 0.459. The van der Waals surface area contributed by atoms with Gasteiger partial charge in [0.15, 0.2) is 5.84 Å². The molecule has 0 spiro atoms. The van der Waals surface area contributed by atoms with Crippen LogP contribution < -0.4 is 21.2 Å². The van der Waals surface area contributed by atoms with Gasteiger partial charge in [0.25, 0.3) is 0 Å². The van der Waals surface area contributed by atoms with Crippen molar-refractivity contribution in [2.24, 2.45) is 5.10 Å². The van der Waals surface area contributed by atoms with Crippen LogP contribution in [0.5, 0.6) is 0 Å². The Morgan fingerprint density at radius 2 is 1.85 bits per heavy atom. The molecule has 0 bridgehead atoms. The van der Waals surface area contributed by atoms with Crippen molar-refractivity contribution in [2.45, 2.75) is 18.9 Å². The molecular weight excluding hydrogens is 430 g/mol. The van der Waals surface area contributed by atoms with Gasteiger partial charge in [0.05, 0.1) is 23.0 Å². The smallest absolute Gasteiger partial charge is 0.227 e. The average molecular weight is 456 g/mol. The second-order valence-corrected chi connectivity index (χ2v) is 8.26. The van der Waals surface area contributed by atoms with E-state index >= 15 is 0 Å². The number of hydrogen-bond donors (Lipinski definition) is 4. The summed E-state index contributed by atoms with van der Waals surface area (Å²) in [5.41, 5.74) is 10.8. The first-order chi connectivity index (χ1) is 16.6. The predicted octanol–water partition coefficient (Wildman–Crippen LogP) is 2.34. The van der Waals surface area contributed by atoms with Crippen molar-refractivity contribution >= 4 is 23.2 Å². The minimum absolute atomic E-state index is 0.254. The van der Waals surface area contributed by atoms with Gasteiger partial charge in [-0.1, -0.05) is 6.07 Å². The number of aliphatic hydroxyl groups excluding tert-OH is 1. The molecule has 2 aliphatic rings. The Bertz CT molecular complexity index is 1240. The Balaban J connectivity index is 1.32. The molecule has 2 aliphatic heterocycles. The molecule has 3 heterocycles. The van der Waals surface area contributed by atoms with Gasteiger partial charge in [-0.15, -0.1) is 10.2 Å². The number of anilines is 3. The third kappa shape index (κ3) is 4.61. The third-order valence-corrected chi connectivity index (χ3v) is 5.87. The second kappa shape index (κ2) is 9.35. The van der Waals surface area contributed by atoms with Crippen LogP contribution in [0.15, 0.2) is 59.8 Å². The number of nitrogens with one attached hydrogen (secondary N) is 3. The molecule has 1 aromatic heterocycles. The lowest BCUT2D eigenvalue weighted by molar-refractivity contribution is 0.145. The van der Waals surface area contributed by atoms with E-state index in [4.69, 9.17) is 0 Å². The number of nitrogens with zero attached hydrogens (tertiary/aromatic N) is 6. The van der Waals surface area contributed by atoms with Gasteiger partial charge in [0.1, 0.15) is 6.07 Å². The first kappa shape index (κ1) is 21.6. The summed E-state index contributed by atoms with van der Waals surface area (Å²) >= 11 is 0. The molecule has 1 saturated heterocycles. The molecule has 0 amide bonds. The van der Waals surface area contributed by atoms with E-state index in [2.05, 4.69) is 42.3 Å². The maximum atomic E-state index is 9.77. The van der Waals surface area contributed by atoms with Crippen molar-refractivity contribution < 1.29 is 5.11 Å². The highest BCUT2D eigenvalue weighted by atomic mass is 16.3. The van der Waals surface area contributed by atoms with Crippen LogP contribution in [-0.4, -0.2) is 52.3 Å². The lowest BCUT2D eigenvalue weighted by Gasteiger charge is -2.32. The van der Waals surface area contributed by atoms with Crippen molar-refractivity contribution in [3.8, 4) is 17.3 Å². The molecule has 0 aliphatic carbocycles. The van der Waals surface area contributed by atoms with E-state index in [-0.39, 0.29) is 6.10 Å². The highest BCUT2D eigenvalue weighted by molar-refractivity contribution is 5.99. The molecule has 5 rings (SSSR count). The summed E-state index contributed by atoms with van der Waals surface area (Å²) < 4.78 is 0. The van der Waals surface area contributed by atoms with Crippen LogP contribution in [0.3, 0.4) is 0 Å². The molecule has 10 nitrogen and oxygen atoms in total. The molecule has 0 radical (unpaired) electrons. The maximum absolute atomic E-state index is 9.77. The van der Waals surface area contributed by atoms with Gasteiger partial charge in [-0.3, -0.25) is 5.43 Å². The zero-order valence-corrected chi connectivity index (χ0v) is 18.7. The molecule has 0 unspecified atom stereocenters. The van der Waals surface area contributed by atoms with Crippen LogP contribution in [0.1, 0.15) is 24.0 Å². The van der Waals surface area contributed by atoms with Crippen LogP contribution in [0.25, 0.3) is 11.3 Å². The van der Waals surface area contributed by atoms with Gasteiger partial charge in [-0.25, -0.2) is 15.5 Å². The topological polar surface area (TPSA) is 125 Å². The molecule has 3 aromatic rings. The number of benzene rings is 2. The van der Waals surface area contributed by atoms with Crippen molar-refractivity contribution in [1.82, 2.24) is 26.0 Å². The summed E-state index contributed by atoms with van der Waals surface area (Å²) in [5.74, 6) is 1.21. The Kier molecular flexibility index (Phi) is 5.95. The molecule has 0 saturated carbocycles. The number of aromatic nitrogens is 2. The van der Waals surface area contributed by atoms with E-state index in [1.54, 1.807) is 11.3 Å². The molecule has 0 atom stereocenters. The van der Waals surface area contributed by atoms with Gasteiger partial charge >= 0.3 is 0 Å². The fourth-order valence-corrected chi connectivity index (χ4v) is 4.05. The highest BCUT2D eigenvalue weighted by Gasteiger charge is 2.20. The summed E-state index contributed by atoms with van der Waals surface area (Å²) in [4.78, 5) is 11.1. The third-order valence-electron chi connectivity index (χ3n) is 5.87. The normalized spacial score (nSPS) is 16.4. The number of hydrogen-bond acceptors (Lipinski definition) is 10. The number of nitriles is 1. The van der Waals surface area contributed by atoms with Crippen molar-refractivity contribution in [2.75, 3.05) is 30.4 Å². The summed E-state index contributed by atoms with van der Waals surface area (Å²) in [6.07, 6.45) is 2.88. The highest BCUT2D eigenvalue weighted by Crippen LogP contribution is 2.29. The Morgan fingerprint density at radius 3 is 2.56 bits per heavy atom. The fraction of sp³-hybridized carbons (Fsp3) is 0.250. The SMILES string of the molecule is CN1NN=C(c2ccc(Nc3nccc(-c4ccc(N5CCC(O)CC5)c(C#N)c4)n3)cc2)N1. The number of aliphatic hydroxyl groups is 1. The van der Waals surface area contributed by atoms with Crippen LogP contribution in [0.2, 0.25) is 0 Å². The lowest BCUT2D eigenvalue weighted by atomic mass is 10.0. The number of hydrazine groups is 2. The molecule has 4 N–H and O–H groups in total. The van der Waals surface area contributed by atoms with E-state index in [1.165, 1.54) is 0 Å². The number of amidine groups is 1. The monoisotopic (exact) mass is 455 g/mol. The molecule has 1 fully saturated rings. The van der Waals surface area contributed by atoms with Gasteiger partial charge in [-0.05, 0) is 55.3 Å². The van der Waals surface area contributed by atoms with Gasteiger partial charge in [0.2, 0.25) is 5.95 Å². The first-order valence-electron chi connectivity index (χ1n) is 11.1. The number of hydrazone groups is 1. The van der Waals surface area contributed by atoms with Crippen molar-refractivity contribution in [1.29, 1.82) is 5.26 Å². The van der Waals surface area contributed by atoms with E-state index in [9.17, 15) is 10.4 Å². The minimum Gasteiger partial charge on any atom is -0.393 e. The van der Waals surface area contributed by atoms with Gasteiger partial charge in [0, 0.05) is 43.1 Å². The minimum atomic E-state index is -0.254. The van der Waals surface area contributed by atoms with E-state index in [1.807, 2.05) is 55.6 Å². The summed E-state index contributed by atoms with van der Waals surface area (Å²) in [6.45, 7) is 1.48. The van der Waals surface area contributed by atoms with Crippen LogP contribution in [0, 0.1) is 11.3 Å². The molecule has 10 heteroatoms. The second-order valence-electron chi connectivity index (χ2n) is 8.26. The van der Waals surface area contributed by atoms with Crippen LogP contribution in [-0.2, 0) is 0 Å². The van der Waals surface area contributed by atoms with E-state index in [0.717, 1.165) is 47.1 Å². The zero-order chi connectivity index (χ0) is 23.5. The standard InChI is InChI=1S/C24H25N9O/c1-32-30-23(29-31-32)16-2-5-19(6-3-16)27-24-26-11-8-21(28-24)17-4-7-22(18(14-17)15-25)33-12-9-20(34)10-13-33/h2-8,11,14,20,31,34H,9-10,12-13H2,1H3,(H,29,30)(H,26,27,28). The summed E-state index contributed by atoms with van der Waals surface area (Å²) in [5, 5.41) is 28.6. The van der Waals surface area contributed by atoms with Crippen LogP contribution in [0.4, 0.5) is 17.3 Å². The Labute approximate surface area is 197 Å². The predicted molar refractivity (Wildman–Crippen MR) is 130 cm³/mol. The molecule has 2 aromatic carbocycles. The van der Waals surface area contributed by atoms with Gasteiger partial charge < -0.3 is 15.3 Å². The summed E-state index contributed by atoms with van der Waals surface area (Å²) in [7, 11) is 1.84. The maximum Gasteiger partial charge on any atom is 0.227 e. The average Bonchev–Trinajstić information content (AvgIpc) is 3.31. The fourth-order valence-electron chi connectivity index (χ4n) is 4.05. The Hall–Kier alpha value is -4.20. The zero-order valence-electron chi connectivity index (χ0n) is 18.7. The first-order valence-corrected chi connectivity index (χ1v) is 11.1. The summed E-state index contributed by atoms with van der Waals surface area (Å²) in [6, 6.07) is 17.7. The molecule has 172 valence electrons. The van der Waals surface area contributed by atoms with Crippen molar-refractivity contribution in [3.63, 3.8) is 0 Å². The van der Waals surface area contributed by atoms with Gasteiger partial charge in [-0.2, -0.15) is 5.26 Å². The Morgan fingerprint density at radius 1 is 1.09 bits per heavy atom. The lowest BCUT2D eigenvalue weighted by Crippen LogP contribution is -2.37. The molecule has 34 heavy (non-hydrogen) atoms. The number of rotatable bonds is 5. The van der Waals surface area contributed by atoms with Crippen molar-refractivity contribution in [3.05, 3.63) is 65.9 Å². The van der Waals surface area contributed by atoms with E-state index in [0.29, 0.717) is 24.4 Å².